The van der Waals surface area contributed by atoms with E-state index in [1.807, 2.05) is 41.1 Å². The molecule has 154 valence electrons. The van der Waals surface area contributed by atoms with Crippen LogP contribution in [-0.2, 0) is 6.42 Å². The number of benzene rings is 1. The Hall–Kier alpha value is -2.34. The summed E-state index contributed by atoms with van der Waals surface area (Å²) in [6, 6.07) is 11.7. The number of ether oxygens (including phenoxy) is 2. The molecule has 0 aliphatic rings. The van der Waals surface area contributed by atoms with Crippen molar-refractivity contribution >= 4 is 15.9 Å². The summed E-state index contributed by atoms with van der Waals surface area (Å²) < 4.78 is 14.1. The van der Waals surface area contributed by atoms with Crippen LogP contribution in [0.2, 0.25) is 0 Å². The summed E-state index contributed by atoms with van der Waals surface area (Å²) >= 11 is 3.44. The normalized spacial score (nSPS) is 11.1. The molecule has 0 bridgehead atoms. The van der Waals surface area contributed by atoms with Crippen molar-refractivity contribution in [3.63, 3.8) is 0 Å². The number of aromatic nitrogens is 3. The Morgan fingerprint density at radius 2 is 1.83 bits per heavy atom. The number of nitrogens with zero attached hydrogens (tertiary/aromatic N) is 3. The largest absolute Gasteiger partial charge is 0.493 e. The molecule has 0 N–H and O–H groups in total. The molecule has 6 heteroatoms. The monoisotopic (exact) mass is 457 g/mol. The maximum absolute atomic E-state index is 5.94. The Labute approximate surface area is 181 Å². The zero-order chi connectivity index (χ0) is 20.6. The molecule has 3 aromatic rings. The highest BCUT2D eigenvalue weighted by Crippen LogP contribution is 2.28. The summed E-state index contributed by atoms with van der Waals surface area (Å²) in [6.45, 7) is 5.07. The van der Waals surface area contributed by atoms with Crippen LogP contribution in [-0.4, -0.2) is 28.5 Å². The van der Waals surface area contributed by atoms with Gasteiger partial charge in [0.1, 0.15) is 0 Å². The maximum atomic E-state index is 5.94. The Morgan fingerprint density at radius 3 is 2.48 bits per heavy atom. The molecular formula is C23H28BrN3O2. The van der Waals surface area contributed by atoms with E-state index in [0.717, 1.165) is 47.5 Å². The van der Waals surface area contributed by atoms with Crippen molar-refractivity contribution in [3.8, 4) is 17.3 Å². The molecule has 2 heterocycles. The molecule has 0 aliphatic carbocycles. The summed E-state index contributed by atoms with van der Waals surface area (Å²) in [5.41, 5.74) is 2.45. The minimum atomic E-state index is 0.455. The van der Waals surface area contributed by atoms with Gasteiger partial charge in [0.05, 0.1) is 19.4 Å². The Kier molecular flexibility index (Phi) is 7.69. The molecule has 2 aromatic heterocycles. The molecule has 0 saturated heterocycles. The van der Waals surface area contributed by atoms with E-state index < -0.39 is 0 Å². The molecule has 3 rings (SSSR count). The van der Waals surface area contributed by atoms with Crippen LogP contribution < -0.4 is 9.47 Å². The second kappa shape index (κ2) is 10.4. The molecule has 0 spiro atoms. The predicted octanol–water partition coefficient (Wildman–Crippen LogP) is 5.95. The Balaban J connectivity index is 1.72. The fraction of sp³-hybridized carbons (Fsp3) is 0.391. The molecule has 0 atom stereocenters. The molecule has 5 nitrogen and oxygen atoms in total. The Morgan fingerprint density at radius 1 is 1.07 bits per heavy atom. The van der Waals surface area contributed by atoms with Gasteiger partial charge in [0, 0.05) is 22.8 Å². The molecule has 0 fully saturated rings. The van der Waals surface area contributed by atoms with Crippen LogP contribution in [0.25, 0.3) is 5.82 Å². The van der Waals surface area contributed by atoms with Gasteiger partial charge < -0.3 is 9.47 Å². The SMILES string of the molecule is CCC(CC)c1nn(-c2ccc(Br)cn2)cc1CCCOc1ccccc1OC. The summed E-state index contributed by atoms with van der Waals surface area (Å²) in [5.74, 6) is 2.83. The topological polar surface area (TPSA) is 49.2 Å². The van der Waals surface area contributed by atoms with Gasteiger partial charge in [-0.25, -0.2) is 9.67 Å². The number of methoxy groups -OCH3 is 1. The quantitative estimate of drug-likeness (QED) is 0.352. The number of rotatable bonds is 10. The van der Waals surface area contributed by atoms with Crippen LogP contribution >= 0.6 is 15.9 Å². The first kappa shape index (κ1) is 21.4. The van der Waals surface area contributed by atoms with E-state index in [2.05, 4.69) is 41.0 Å². The van der Waals surface area contributed by atoms with Crippen LogP contribution in [0.1, 0.15) is 50.3 Å². The zero-order valence-corrected chi connectivity index (χ0v) is 18.9. The highest BCUT2D eigenvalue weighted by Gasteiger charge is 2.18. The van der Waals surface area contributed by atoms with Crippen molar-refractivity contribution in [2.45, 2.75) is 45.4 Å². The van der Waals surface area contributed by atoms with Gasteiger partial charge in [0.25, 0.3) is 0 Å². The van der Waals surface area contributed by atoms with E-state index in [0.29, 0.717) is 12.5 Å². The maximum Gasteiger partial charge on any atom is 0.161 e. The molecule has 0 aliphatic heterocycles. The van der Waals surface area contributed by atoms with Gasteiger partial charge in [-0.2, -0.15) is 5.10 Å². The summed E-state index contributed by atoms with van der Waals surface area (Å²) in [5, 5.41) is 4.89. The van der Waals surface area contributed by atoms with Gasteiger partial charge in [-0.1, -0.05) is 26.0 Å². The zero-order valence-electron chi connectivity index (χ0n) is 17.3. The second-order valence-electron chi connectivity index (χ2n) is 6.94. The van der Waals surface area contributed by atoms with E-state index >= 15 is 0 Å². The highest BCUT2D eigenvalue weighted by atomic mass is 79.9. The minimum Gasteiger partial charge on any atom is -0.493 e. The number of hydrogen-bond donors (Lipinski definition) is 0. The van der Waals surface area contributed by atoms with Gasteiger partial charge in [-0.15, -0.1) is 0 Å². The van der Waals surface area contributed by atoms with Gasteiger partial charge in [-0.05, 0) is 71.4 Å². The van der Waals surface area contributed by atoms with Crippen molar-refractivity contribution in [1.82, 2.24) is 14.8 Å². The summed E-state index contributed by atoms with van der Waals surface area (Å²) in [7, 11) is 1.66. The molecular weight excluding hydrogens is 430 g/mol. The number of halogens is 1. The standard InChI is InChI=1S/C23H28BrN3O2/c1-4-17(5-2)23-18(16-27(26-23)22-13-12-19(24)15-25-22)9-8-14-29-21-11-7-6-10-20(21)28-3/h6-7,10-13,15-17H,4-5,8-9,14H2,1-3H3. The van der Waals surface area contributed by atoms with E-state index in [1.54, 1.807) is 13.3 Å². The van der Waals surface area contributed by atoms with Crippen molar-refractivity contribution in [3.05, 3.63) is 64.5 Å². The third-order valence-corrected chi connectivity index (χ3v) is 5.53. The molecule has 0 saturated carbocycles. The fourth-order valence-corrected chi connectivity index (χ4v) is 3.67. The van der Waals surface area contributed by atoms with Crippen molar-refractivity contribution in [2.24, 2.45) is 0 Å². The fourth-order valence-electron chi connectivity index (χ4n) is 3.44. The van der Waals surface area contributed by atoms with Gasteiger partial charge >= 0.3 is 0 Å². The van der Waals surface area contributed by atoms with Crippen LogP contribution in [0, 0.1) is 0 Å². The number of para-hydroxylation sites is 2. The third kappa shape index (κ3) is 5.38. The molecule has 29 heavy (non-hydrogen) atoms. The lowest BCUT2D eigenvalue weighted by Gasteiger charge is -2.12. The van der Waals surface area contributed by atoms with Crippen LogP contribution in [0.4, 0.5) is 0 Å². The second-order valence-corrected chi connectivity index (χ2v) is 7.85. The van der Waals surface area contributed by atoms with Crippen molar-refractivity contribution < 1.29 is 9.47 Å². The number of aryl methyl sites for hydroxylation is 1. The third-order valence-electron chi connectivity index (χ3n) is 5.06. The molecule has 1 aromatic carbocycles. The van der Waals surface area contributed by atoms with Crippen molar-refractivity contribution in [2.75, 3.05) is 13.7 Å². The van der Waals surface area contributed by atoms with Crippen molar-refractivity contribution in [1.29, 1.82) is 0 Å². The van der Waals surface area contributed by atoms with Gasteiger partial charge in [0.2, 0.25) is 0 Å². The lowest BCUT2D eigenvalue weighted by atomic mass is 9.95. The first-order chi connectivity index (χ1) is 14.2. The van der Waals surface area contributed by atoms with E-state index in [-0.39, 0.29) is 0 Å². The van der Waals surface area contributed by atoms with E-state index in [9.17, 15) is 0 Å². The highest BCUT2D eigenvalue weighted by molar-refractivity contribution is 9.10. The molecule has 0 amide bonds. The smallest absolute Gasteiger partial charge is 0.161 e. The Bertz CT molecular complexity index is 905. The van der Waals surface area contributed by atoms with E-state index in [4.69, 9.17) is 14.6 Å². The average molecular weight is 458 g/mol. The lowest BCUT2D eigenvalue weighted by Crippen LogP contribution is -2.04. The lowest BCUT2D eigenvalue weighted by molar-refractivity contribution is 0.289. The van der Waals surface area contributed by atoms with Gasteiger partial charge in [0.15, 0.2) is 17.3 Å². The summed E-state index contributed by atoms with van der Waals surface area (Å²) in [4.78, 5) is 4.48. The average Bonchev–Trinajstić information content (AvgIpc) is 3.17. The number of pyridine rings is 1. The van der Waals surface area contributed by atoms with Gasteiger partial charge in [-0.3, -0.25) is 0 Å². The van der Waals surface area contributed by atoms with Crippen LogP contribution in [0.15, 0.2) is 53.3 Å². The first-order valence-corrected chi connectivity index (χ1v) is 10.9. The molecule has 0 radical (unpaired) electrons. The predicted molar refractivity (Wildman–Crippen MR) is 119 cm³/mol. The van der Waals surface area contributed by atoms with Crippen LogP contribution in [0.3, 0.4) is 0 Å². The van der Waals surface area contributed by atoms with Crippen LogP contribution in [0.5, 0.6) is 11.5 Å². The van der Waals surface area contributed by atoms with E-state index in [1.165, 1.54) is 11.3 Å². The molecule has 0 unspecified atom stereocenters. The summed E-state index contributed by atoms with van der Waals surface area (Å²) in [6.07, 6.45) is 7.89. The first-order valence-electron chi connectivity index (χ1n) is 10.1. The number of hydrogen-bond acceptors (Lipinski definition) is 4. The minimum absolute atomic E-state index is 0.455.